The maximum absolute atomic E-state index is 3.64. The van der Waals surface area contributed by atoms with Gasteiger partial charge in [-0.15, -0.1) is 0 Å². The molecule has 0 bridgehead atoms. The summed E-state index contributed by atoms with van der Waals surface area (Å²) in [7, 11) is 0. The summed E-state index contributed by atoms with van der Waals surface area (Å²) in [6.45, 7) is 8.53. The third kappa shape index (κ3) is 2.71. The lowest BCUT2D eigenvalue weighted by atomic mass is 10.2. The largest absolute Gasteiger partial charge is 0.313 e. The topological polar surface area (TPSA) is 15.3 Å². The second kappa shape index (κ2) is 4.63. The van der Waals surface area contributed by atoms with Crippen LogP contribution in [0.15, 0.2) is 0 Å². The first-order valence-electron chi connectivity index (χ1n) is 6.27. The Bertz CT molecular complexity index is 177. The summed E-state index contributed by atoms with van der Waals surface area (Å²) in [5.41, 5.74) is 0. The zero-order chi connectivity index (χ0) is 9.97. The number of hydrogen-bond donors (Lipinski definition) is 1. The van der Waals surface area contributed by atoms with E-state index in [9.17, 15) is 0 Å². The molecule has 14 heavy (non-hydrogen) atoms. The minimum absolute atomic E-state index is 0.735. The minimum Gasteiger partial charge on any atom is -0.313 e. The molecule has 1 heterocycles. The molecule has 1 aliphatic carbocycles. The van der Waals surface area contributed by atoms with Gasteiger partial charge in [0.2, 0.25) is 0 Å². The second-order valence-corrected chi connectivity index (χ2v) is 5.09. The van der Waals surface area contributed by atoms with E-state index in [1.165, 1.54) is 45.3 Å². The summed E-state index contributed by atoms with van der Waals surface area (Å²) < 4.78 is 0. The fourth-order valence-electron chi connectivity index (χ4n) is 2.37. The molecule has 0 amide bonds. The normalized spacial score (nSPS) is 35.6. The molecule has 2 atom stereocenters. The molecule has 2 nitrogen and oxygen atoms in total. The van der Waals surface area contributed by atoms with Crippen LogP contribution in [0.4, 0.5) is 0 Å². The van der Waals surface area contributed by atoms with E-state index in [1.807, 2.05) is 0 Å². The fourth-order valence-corrected chi connectivity index (χ4v) is 2.37. The third-order valence-corrected chi connectivity index (χ3v) is 3.76. The molecule has 1 saturated heterocycles. The Morgan fingerprint density at radius 2 is 2.07 bits per heavy atom. The predicted molar refractivity (Wildman–Crippen MR) is 60.5 cm³/mol. The lowest BCUT2D eigenvalue weighted by Gasteiger charge is -2.28. The van der Waals surface area contributed by atoms with Gasteiger partial charge in [-0.3, -0.25) is 4.90 Å². The summed E-state index contributed by atoms with van der Waals surface area (Å²) >= 11 is 0. The molecule has 2 rings (SSSR count). The molecule has 1 aliphatic heterocycles. The van der Waals surface area contributed by atoms with E-state index in [2.05, 4.69) is 24.1 Å². The standard InChI is InChI=1S/C12H24N2/c1-3-12-9-14(8-11-4-5-11)10(2)6-7-13-12/h10-13H,3-9H2,1-2H3. The van der Waals surface area contributed by atoms with E-state index in [4.69, 9.17) is 0 Å². The summed E-state index contributed by atoms with van der Waals surface area (Å²) in [4.78, 5) is 2.71. The van der Waals surface area contributed by atoms with Crippen molar-refractivity contribution in [2.45, 2.75) is 51.6 Å². The van der Waals surface area contributed by atoms with Crippen molar-refractivity contribution in [3.05, 3.63) is 0 Å². The zero-order valence-electron chi connectivity index (χ0n) is 9.63. The highest BCUT2D eigenvalue weighted by atomic mass is 15.2. The summed E-state index contributed by atoms with van der Waals surface area (Å²) in [5.74, 6) is 1.04. The van der Waals surface area contributed by atoms with Crippen LogP contribution in [0.1, 0.15) is 39.5 Å². The highest BCUT2D eigenvalue weighted by Gasteiger charge is 2.28. The Kier molecular flexibility index (Phi) is 3.45. The molecule has 0 aromatic carbocycles. The average molecular weight is 196 g/mol. The third-order valence-electron chi connectivity index (χ3n) is 3.76. The molecule has 2 heteroatoms. The molecule has 0 aromatic heterocycles. The molecule has 1 saturated carbocycles. The maximum atomic E-state index is 3.64. The molecule has 2 aliphatic rings. The van der Waals surface area contributed by atoms with E-state index in [-0.39, 0.29) is 0 Å². The first-order chi connectivity index (χ1) is 6.79. The summed E-state index contributed by atoms with van der Waals surface area (Å²) in [6, 6.07) is 1.53. The van der Waals surface area contributed by atoms with Crippen LogP contribution in [0.25, 0.3) is 0 Å². The monoisotopic (exact) mass is 196 g/mol. The minimum atomic E-state index is 0.735. The second-order valence-electron chi connectivity index (χ2n) is 5.09. The van der Waals surface area contributed by atoms with Crippen LogP contribution in [0.3, 0.4) is 0 Å². The van der Waals surface area contributed by atoms with Crippen molar-refractivity contribution >= 4 is 0 Å². The van der Waals surface area contributed by atoms with Crippen molar-refractivity contribution in [2.24, 2.45) is 5.92 Å². The number of hydrogen-bond acceptors (Lipinski definition) is 2. The van der Waals surface area contributed by atoms with E-state index in [0.29, 0.717) is 0 Å². The Morgan fingerprint density at radius 3 is 2.71 bits per heavy atom. The Hall–Kier alpha value is -0.0800. The van der Waals surface area contributed by atoms with Crippen molar-refractivity contribution in [1.29, 1.82) is 0 Å². The van der Waals surface area contributed by atoms with Crippen molar-refractivity contribution in [3.63, 3.8) is 0 Å². The Labute approximate surface area is 88.1 Å². The van der Waals surface area contributed by atoms with Crippen LogP contribution in [-0.2, 0) is 0 Å². The van der Waals surface area contributed by atoms with Gasteiger partial charge in [-0.1, -0.05) is 6.92 Å². The van der Waals surface area contributed by atoms with Gasteiger partial charge in [-0.05, 0) is 45.1 Å². The smallest absolute Gasteiger partial charge is 0.0192 e. The van der Waals surface area contributed by atoms with Crippen molar-refractivity contribution < 1.29 is 0 Å². The van der Waals surface area contributed by atoms with Gasteiger partial charge in [0.15, 0.2) is 0 Å². The summed E-state index contributed by atoms with van der Waals surface area (Å²) in [6.07, 6.45) is 5.55. The first kappa shape index (κ1) is 10.4. The van der Waals surface area contributed by atoms with Gasteiger partial charge in [0.05, 0.1) is 0 Å². The van der Waals surface area contributed by atoms with Crippen LogP contribution in [0.5, 0.6) is 0 Å². The Balaban J connectivity index is 1.87. The quantitative estimate of drug-likeness (QED) is 0.741. The fraction of sp³-hybridized carbons (Fsp3) is 1.00. The van der Waals surface area contributed by atoms with E-state index in [1.54, 1.807) is 0 Å². The molecule has 1 N–H and O–H groups in total. The first-order valence-corrected chi connectivity index (χ1v) is 6.27. The van der Waals surface area contributed by atoms with Crippen molar-refractivity contribution in [3.8, 4) is 0 Å². The molecule has 0 aromatic rings. The lowest BCUT2D eigenvalue weighted by Crippen LogP contribution is -2.40. The van der Waals surface area contributed by atoms with E-state index >= 15 is 0 Å². The predicted octanol–water partition coefficient (Wildman–Crippen LogP) is 1.86. The Morgan fingerprint density at radius 1 is 1.29 bits per heavy atom. The molecule has 0 spiro atoms. The summed E-state index contributed by atoms with van der Waals surface area (Å²) in [5, 5.41) is 3.64. The SMILES string of the molecule is CCC1CN(CC2CC2)C(C)CCN1. The molecule has 2 fully saturated rings. The van der Waals surface area contributed by atoms with E-state index in [0.717, 1.165) is 18.0 Å². The van der Waals surface area contributed by atoms with Gasteiger partial charge in [0.1, 0.15) is 0 Å². The molecule has 0 radical (unpaired) electrons. The van der Waals surface area contributed by atoms with Crippen LogP contribution >= 0.6 is 0 Å². The number of rotatable bonds is 3. The van der Waals surface area contributed by atoms with Crippen LogP contribution in [0.2, 0.25) is 0 Å². The average Bonchev–Trinajstić information content (AvgIpc) is 2.98. The van der Waals surface area contributed by atoms with Gasteiger partial charge in [-0.25, -0.2) is 0 Å². The van der Waals surface area contributed by atoms with Gasteiger partial charge >= 0.3 is 0 Å². The highest BCUT2D eigenvalue weighted by molar-refractivity contribution is 4.85. The van der Waals surface area contributed by atoms with Gasteiger partial charge in [-0.2, -0.15) is 0 Å². The van der Waals surface area contributed by atoms with Gasteiger partial charge < -0.3 is 5.32 Å². The molecular weight excluding hydrogens is 172 g/mol. The van der Waals surface area contributed by atoms with Gasteiger partial charge in [0, 0.05) is 25.2 Å². The van der Waals surface area contributed by atoms with Crippen LogP contribution in [-0.4, -0.2) is 36.6 Å². The highest BCUT2D eigenvalue weighted by Crippen LogP contribution is 2.30. The van der Waals surface area contributed by atoms with Crippen molar-refractivity contribution in [1.82, 2.24) is 10.2 Å². The lowest BCUT2D eigenvalue weighted by molar-refractivity contribution is 0.195. The number of nitrogens with zero attached hydrogens (tertiary/aromatic N) is 1. The van der Waals surface area contributed by atoms with Crippen LogP contribution < -0.4 is 5.32 Å². The maximum Gasteiger partial charge on any atom is 0.0192 e. The molecule has 2 unspecified atom stereocenters. The van der Waals surface area contributed by atoms with Crippen LogP contribution in [0, 0.1) is 5.92 Å². The van der Waals surface area contributed by atoms with Crippen molar-refractivity contribution in [2.75, 3.05) is 19.6 Å². The van der Waals surface area contributed by atoms with Gasteiger partial charge in [0.25, 0.3) is 0 Å². The molecule has 82 valence electrons. The zero-order valence-corrected chi connectivity index (χ0v) is 9.63. The number of nitrogens with one attached hydrogen (secondary N) is 1. The molecular formula is C12H24N2. The van der Waals surface area contributed by atoms with E-state index < -0.39 is 0 Å².